The molecule has 1 aromatic carbocycles. The van der Waals surface area contributed by atoms with Gasteiger partial charge in [-0.15, -0.1) is 0 Å². The highest BCUT2D eigenvalue weighted by Gasteiger charge is 2.43. The van der Waals surface area contributed by atoms with Crippen molar-refractivity contribution in [2.75, 3.05) is 7.11 Å². The van der Waals surface area contributed by atoms with Crippen molar-refractivity contribution in [2.24, 2.45) is 5.92 Å². The summed E-state index contributed by atoms with van der Waals surface area (Å²) in [5.41, 5.74) is 1.64. The van der Waals surface area contributed by atoms with Gasteiger partial charge in [0.25, 0.3) is 0 Å². The van der Waals surface area contributed by atoms with E-state index in [9.17, 15) is 14.4 Å². The van der Waals surface area contributed by atoms with Crippen LogP contribution in [0.1, 0.15) is 66.9 Å². The van der Waals surface area contributed by atoms with Crippen LogP contribution in [0, 0.1) is 19.8 Å². The second-order valence-corrected chi connectivity index (χ2v) is 7.55. The molecular formula is C21H29NO4. The van der Waals surface area contributed by atoms with Gasteiger partial charge in [0.05, 0.1) is 7.11 Å². The van der Waals surface area contributed by atoms with Crippen molar-refractivity contribution >= 4 is 17.7 Å². The maximum atomic E-state index is 12.5. The van der Waals surface area contributed by atoms with Crippen LogP contribution in [-0.2, 0) is 14.3 Å². The molecule has 0 bridgehead atoms. The van der Waals surface area contributed by atoms with Crippen LogP contribution in [0.4, 0.5) is 0 Å². The highest BCUT2D eigenvalue weighted by molar-refractivity contribution is 5.99. The lowest BCUT2D eigenvalue weighted by atomic mass is 9.77. The number of ether oxygens (including phenoxy) is 1. The number of carbonyl (C=O) groups excluding carboxylic acids is 3. The lowest BCUT2D eigenvalue weighted by Crippen LogP contribution is -2.56. The van der Waals surface area contributed by atoms with E-state index in [1.807, 2.05) is 32.0 Å². The van der Waals surface area contributed by atoms with Crippen LogP contribution in [0.5, 0.6) is 0 Å². The second-order valence-electron chi connectivity index (χ2n) is 7.55. The second kappa shape index (κ2) is 8.47. The number of hydrogen-bond donors (Lipinski definition) is 1. The first-order valence-corrected chi connectivity index (χ1v) is 9.27. The summed E-state index contributed by atoms with van der Waals surface area (Å²) in [7, 11) is 1.35. The number of nitrogens with one attached hydrogen (secondary N) is 1. The normalized spacial score (nSPS) is 22.5. The molecule has 1 aliphatic rings. The third kappa shape index (κ3) is 4.71. The molecule has 142 valence electrons. The van der Waals surface area contributed by atoms with Crippen molar-refractivity contribution in [3.8, 4) is 0 Å². The largest absolute Gasteiger partial charge is 0.467 e. The van der Waals surface area contributed by atoms with Crippen molar-refractivity contribution in [1.82, 2.24) is 5.32 Å². The molecule has 1 aromatic rings. The lowest BCUT2D eigenvalue weighted by Gasteiger charge is -2.37. The van der Waals surface area contributed by atoms with Crippen molar-refractivity contribution in [3.05, 3.63) is 34.9 Å². The Morgan fingerprint density at radius 1 is 1.15 bits per heavy atom. The first-order valence-electron chi connectivity index (χ1n) is 9.27. The Morgan fingerprint density at radius 2 is 1.81 bits per heavy atom. The van der Waals surface area contributed by atoms with E-state index in [-0.39, 0.29) is 24.5 Å². The first kappa shape index (κ1) is 20.1. The van der Waals surface area contributed by atoms with Gasteiger partial charge in [-0.1, -0.05) is 24.6 Å². The number of ketones is 1. The van der Waals surface area contributed by atoms with Crippen molar-refractivity contribution in [1.29, 1.82) is 0 Å². The summed E-state index contributed by atoms with van der Waals surface area (Å²) in [4.78, 5) is 37.2. The summed E-state index contributed by atoms with van der Waals surface area (Å²) < 4.78 is 4.93. The number of aryl methyl sites for hydroxylation is 2. The molecule has 0 radical (unpaired) electrons. The quantitative estimate of drug-likeness (QED) is 0.623. The summed E-state index contributed by atoms with van der Waals surface area (Å²) >= 11 is 0. The van der Waals surface area contributed by atoms with E-state index in [4.69, 9.17) is 4.74 Å². The van der Waals surface area contributed by atoms with E-state index in [0.717, 1.165) is 24.0 Å². The summed E-state index contributed by atoms with van der Waals surface area (Å²) in [6.07, 6.45) is 3.10. The average Bonchev–Trinajstić information content (AvgIpc) is 2.63. The summed E-state index contributed by atoms with van der Waals surface area (Å²) in [5, 5.41) is 2.87. The van der Waals surface area contributed by atoms with Crippen LogP contribution in [0.2, 0.25) is 0 Å². The van der Waals surface area contributed by atoms with Crippen LogP contribution in [0.15, 0.2) is 18.2 Å². The van der Waals surface area contributed by atoms with Gasteiger partial charge < -0.3 is 10.1 Å². The first-order chi connectivity index (χ1) is 12.3. The molecule has 0 heterocycles. The van der Waals surface area contributed by atoms with Gasteiger partial charge in [-0.25, -0.2) is 4.79 Å². The highest BCUT2D eigenvalue weighted by atomic mass is 16.5. The topological polar surface area (TPSA) is 72.5 Å². The Bertz CT molecular complexity index is 687. The molecule has 5 heteroatoms. The zero-order valence-electron chi connectivity index (χ0n) is 16.2. The molecule has 0 aromatic heterocycles. The van der Waals surface area contributed by atoms with Gasteiger partial charge in [-0.3, -0.25) is 9.59 Å². The van der Waals surface area contributed by atoms with Crippen molar-refractivity contribution in [3.63, 3.8) is 0 Å². The summed E-state index contributed by atoms with van der Waals surface area (Å²) in [6, 6.07) is 5.73. The SMILES string of the molecule is COC(=O)C1(NC(=O)CCC(=O)c2cc(C)ccc2C)CCC(C)CC1. The maximum absolute atomic E-state index is 12.5. The van der Waals surface area contributed by atoms with Gasteiger partial charge >= 0.3 is 5.97 Å². The fourth-order valence-corrected chi connectivity index (χ4v) is 3.56. The summed E-state index contributed by atoms with van der Waals surface area (Å²) in [5.74, 6) is -0.177. The molecule has 1 saturated carbocycles. The van der Waals surface area contributed by atoms with Gasteiger partial charge in [0.15, 0.2) is 5.78 Å². The molecule has 1 fully saturated rings. The average molecular weight is 359 g/mol. The van der Waals surface area contributed by atoms with Gasteiger partial charge in [0.2, 0.25) is 5.91 Å². The van der Waals surface area contributed by atoms with Crippen molar-refractivity contribution in [2.45, 2.75) is 64.8 Å². The third-order valence-electron chi connectivity index (χ3n) is 5.36. The third-order valence-corrected chi connectivity index (χ3v) is 5.36. The Balaban J connectivity index is 1.99. The van der Waals surface area contributed by atoms with Crippen LogP contribution in [0.3, 0.4) is 0 Å². The number of rotatable bonds is 6. The number of Topliss-reactive ketones (excluding diaryl/α,β-unsaturated/α-hetero) is 1. The molecule has 0 saturated heterocycles. The van der Waals surface area contributed by atoms with Gasteiger partial charge in [-0.05, 0) is 57.1 Å². The number of hydrogen-bond acceptors (Lipinski definition) is 4. The van der Waals surface area contributed by atoms with Gasteiger partial charge in [-0.2, -0.15) is 0 Å². The Labute approximate surface area is 155 Å². The predicted octanol–water partition coefficient (Wildman–Crippen LogP) is 3.50. The fraction of sp³-hybridized carbons (Fsp3) is 0.571. The molecular weight excluding hydrogens is 330 g/mol. The summed E-state index contributed by atoms with van der Waals surface area (Å²) in [6.45, 7) is 5.97. The molecule has 0 unspecified atom stereocenters. The number of benzene rings is 1. The predicted molar refractivity (Wildman–Crippen MR) is 100 cm³/mol. The maximum Gasteiger partial charge on any atom is 0.331 e. The van der Waals surface area contributed by atoms with E-state index in [1.165, 1.54) is 7.11 Å². The minimum Gasteiger partial charge on any atom is -0.467 e. The molecule has 1 amide bonds. The molecule has 0 aliphatic heterocycles. The van der Waals surface area contributed by atoms with Crippen LogP contribution in [-0.4, -0.2) is 30.3 Å². The Morgan fingerprint density at radius 3 is 2.42 bits per heavy atom. The molecule has 0 atom stereocenters. The Kier molecular flexibility index (Phi) is 6.57. The zero-order chi connectivity index (χ0) is 19.3. The monoisotopic (exact) mass is 359 g/mol. The minimum atomic E-state index is -0.944. The van der Waals surface area contributed by atoms with Gasteiger partial charge in [0, 0.05) is 18.4 Å². The van der Waals surface area contributed by atoms with E-state index >= 15 is 0 Å². The number of esters is 1. The lowest BCUT2D eigenvalue weighted by molar-refractivity contribution is -0.153. The zero-order valence-corrected chi connectivity index (χ0v) is 16.2. The minimum absolute atomic E-state index is 0.0502. The fourth-order valence-electron chi connectivity index (χ4n) is 3.56. The molecule has 26 heavy (non-hydrogen) atoms. The van der Waals surface area contributed by atoms with E-state index < -0.39 is 11.5 Å². The molecule has 1 aliphatic carbocycles. The number of amides is 1. The van der Waals surface area contributed by atoms with Crippen molar-refractivity contribution < 1.29 is 19.1 Å². The van der Waals surface area contributed by atoms with Gasteiger partial charge in [0.1, 0.15) is 5.54 Å². The standard InChI is InChI=1S/C21H29NO4/c1-14-9-11-21(12-10-14,20(25)26-4)22-19(24)8-7-18(23)17-13-15(2)5-6-16(17)3/h5-6,13-14H,7-12H2,1-4H3,(H,22,24). The number of carbonyl (C=O) groups is 3. The molecule has 5 nitrogen and oxygen atoms in total. The molecule has 2 rings (SSSR count). The van der Waals surface area contributed by atoms with E-state index in [0.29, 0.717) is 24.3 Å². The van der Waals surface area contributed by atoms with Crippen LogP contribution < -0.4 is 5.32 Å². The van der Waals surface area contributed by atoms with E-state index in [2.05, 4.69) is 12.2 Å². The number of methoxy groups -OCH3 is 1. The Hall–Kier alpha value is -2.17. The van der Waals surface area contributed by atoms with Crippen LogP contribution >= 0.6 is 0 Å². The highest BCUT2D eigenvalue weighted by Crippen LogP contribution is 2.33. The van der Waals surface area contributed by atoms with Crippen LogP contribution in [0.25, 0.3) is 0 Å². The molecule has 0 spiro atoms. The molecule has 1 N–H and O–H groups in total. The smallest absolute Gasteiger partial charge is 0.331 e. The van der Waals surface area contributed by atoms with E-state index in [1.54, 1.807) is 0 Å².